The maximum Gasteiger partial charge on any atom is 0.319 e. The average Bonchev–Trinajstić information content (AvgIpc) is 3.03. The van der Waals surface area contributed by atoms with Gasteiger partial charge in [0.15, 0.2) is 0 Å². The molecule has 0 radical (unpaired) electrons. The first-order valence-electron chi connectivity index (χ1n) is 9.08. The fourth-order valence-electron chi connectivity index (χ4n) is 3.20. The van der Waals surface area contributed by atoms with Crippen molar-refractivity contribution in [2.24, 2.45) is 0 Å². The lowest BCUT2D eigenvalue weighted by Gasteiger charge is -2.19. The van der Waals surface area contributed by atoms with Crippen LogP contribution in [0.1, 0.15) is 17.5 Å². The highest BCUT2D eigenvalue weighted by molar-refractivity contribution is 5.98. The fourth-order valence-corrected chi connectivity index (χ4v) is 3.20. The van der Waals surface area contributed by atoms with Crippen molar-refractivity contribution in [2.45, 2.75) is 26.3 Å². The first-order valence-corrected chi connectivity index (χ1v) is 9.08. The molecule has 1 atom stereocenters. The number of rotatable bonds is 5. The van der Waals surface area contributed by atoms with E-state index >= 15 is 0 Å². The molecule has 0 saturated carbocycles. The van der Waals surface area contributed by atoms with Gasteiger partial charge in [-0.25, -0.2) is 4.79 Å². The molecule has 7 heteroatoms. The van der Waals surface area contributed by atoms with Crippen LogP contribution in [-0.4, -0.2) is 38.7 Å². The summed E-state index contributed by atoms with van der Waals surface area (Å²) in [5.41, 5.74) is 3.66. The molecule has 1 aliphatic heterocycles. The molecule has 2 aromatic rings. The van der Waals surface area contributed by atoms with Crippen molar-refractivity contribution in [3.8, 4) is 11.5 Å². The van der Waals surface area contributed by atoms with Gasteiger partial charge in [-0.2, -0.15) is 0 Å². The normalized spacial score (nSPS) is 16.1. The van der Waals surface area contributed by atoms with E-state index < -0.39 is 6.03 Å². The number of urea groups is 1. The van der Waals surface area contributed by atoms with Crippen LogP contribution in [0.2, 0.25) is 0 Å². The van der Waals surface area contributed by atoms with Crippen molar-refractivity contribution in [3.05, 3.63) is 47.5 Å². The van der Waals surface area contributed by atoms with E-state index in [1.165, 1.54) is 12.7 Å². The second kappa shape index (κ2) is 8.21. The molecule has 28 heavy (non-hydrogen) atoms. The second-order valence-corrected chi connectivity index (χ2v) is 6.84. The van der Waals surface area contributed by atoms with E-state index in [-0.39, 0.29) is 18.4 Å². The monoisotopic (exact) mass is 383 g/mol. The maximum atomic E-state index is 12.4. The highest BCUT2D eigenvalue weighted by atomic mass is 16.5. The fraction of sp³-hybridized carbons (Fsp3) is 0.333. The van der Waals surface area contributed by atoms with E-state index in [2.05, 4.69) is 10.6 Å². The highest BCUT2D eigenvalue weighted by Crippen LogP contribution is 2.29. The van der Waals surface area contributed by atoms with Gasteiger partial charge in [0.05, 0.1) is 25.9 Å². The molecule has 1 aliphatic rings. The number of amides is 3. The lowest BCUT2D eigenvalue weighted by atomic mass is 10.1. The Kier molecular flexibility index (Phi) is 5.73. The number of nitrogens with one attached hydrogen (secondary N) is 2. The summed E-state index contributed by atoms with van der Waals surface area (Å²) in [4.78, 5) is 26.6. The summed E-state index contributed by atoms with van der Waals surface area (Å²) in [7, 11) is 3.08. The summed E-state index contributed by atoms with van der Waals surface area (Å²) in [5, 5.41) is 5.63. The van der Waals surface area contributed by atoms with Gasteiger partial charge in [-0.05, 0) is 49.2 Å². The smallest absolute Gasteiger partial charge is 0.319 e. The number of hydrogen-bond donors (Lipinski definition) is 2. The van der Waals surface area contributed by atoms with Crippen LogP contribution in [0.15, 0.2) is 36.4 Å². The number of benzene rings is 2. The van der Waals surface area contributed by atoms with Gasteiger partial charge in [0.2, 0.25) is 5.91 Å². The number of ether oxygens (including phenoxy) is 2. The molecular weight excluding hydrogens is 358 g/mol. The first kappa shape index (κ1) is 19.5. The maximum absolute atomic E-state index is 12.4. The van der Waals surface area contributed by atoms with Crippen LogP contribution in [0.3, 0.4) is 0 Å². The molecule has 1 saturated heterocycles. The summed E-state index contributed by atoms with van der Waals surface area (Å²) in [6.07, 6.45) is 0.260. The Labute approximate surface area is 164 Å². The van der Waals surface area contributed by atoms with Crippen LogP contribution in [0.25, 0.3) is 0 Å². The summed E-state index contributed by atoms with van der Waals surface area (Å²) < 4.78 is 10.5. The zero-order valence-corrected chi connectivity index (χ0v) is 16.5. The predicted octanol–water partition coefficient (Wildman–Crippen LogP) is 3.25. The lowest BCUT2D eigenvalue weighted by Crippen LogP contribution is -2.39. The van der Waals surface area contributed by atoms with E-state index in [1.54, 1.807) is 30.2 Å². The quantitative estimate of drug-likeness (QED) is 0.831. The minimum Gasteiger partial charge on any atom is -0.497 e. The van der Waals surface area contributed by atoms with E-state index in [9.17, 15) is 9.59 Å². The zero-order valence-electron chi connectivity index (χ0n) is 16.5. The molecule has 1 fully saturated rings. The Morgan fingerprint density at radius 2 is 1.86 bits per heavy atom. The van der Waals surface area contributed by atoms with Crippen molar-refractivity contribution >= 4 is 23.3 Å². The van der Waals surface area contributed by atoms with Crippen LogP contribution in [0, 0.1) is 13.8 Å². The Morgan fingerprint density at radius 1 is 1.07 bits per heavy atom. The summed E-state index contributed by atoms with van der Waals surface area (Å²) >= 11 is 0. The van der Waals surface area contributed by atoms with Crippen molar-refractivity contribution < 1.29 is 19.1 Å². The van der Waals surface area contributed by atoms with Gasteiger partial charge < -0.3 is 25.0 Å². The van der Waals surface area contributed by atoms with Gasteiger partial charge >= 0.3 is 6.03 Å². The predicted molar refractivity (Wildman–Crippen MR) is 108 cm³/mol. The Morgan fingerprint density at radius 3 is 2.54 bits per heavy atom. The minimum atomic E-state index is -0.397. The SMILES string of the molecule is COc1ccc(OC)c(NC(=O)N[C@@H]2CC(=O)N(c3ccc(C)c(C)c3)C2)c1. The van der Waals surface area contributed by atoms with E-state index in [4.69, 9.17) is 9.47 Å². The summed E-state index contributed by atoms with van der Waals surface area (Å²) in [5.74, 6) is 1.12. The number of aryl methyl sites for hydroxylation is 2. The second-order valence-electron chi connectivity index (χ2n) is 6.84. The zero-order chi connectivity index (χ0) is 20.3. The molecule has 7 nitrogen and oxygen atoms in total. The van der Waals surface area contributed by atoms with Gasteiger partial charge in [-0.1, -0.05) is 6.07 Å². The topological polar surface area (TPSA) is 79.9 Å². The van der Waals surface area contributed by atoms with Crippen LogP contribution >= 0.6 is 0 Å². The Hall–Kier alpha value is -3.22. The number of methoxy groups -OCH3 is 2. The number of carbonyl (C=O) groups is 2. The van der Waals surface area contributed by atoms with Crippen molar-refractivity contribution in [2.75, 3.05) is 31.0 Å². The minimum absolute atomic E-state index is 0.00693. The summed E-state index contributed by atoms with van der Waals surface area (Å²) in [6, 6.07) is 10.4. The van der Waals surface area contributed by atoms with E-state index in [1.807, 2.05) is 32.0 Å². The standard InChI is InChI=1S/C21H25N3O4/c1-13-5-6-16(9-14(13)2)24-12-15(10-20(24)25)22-21(26)23-18-11-17(27-3)7-8-19(18)28-4/h5-9,11,15H,10,12H2,1-4H3,(H2,22,23,26)/t15-/m1/s1. The van der Waals surface area contributed by atoms with Gasteiger partial charge in [0.1, 0.15) is 11.5 Å². The number of carbonyl (C=O) groups excluding carboxylic acids is 2. The molecule has 0 aromatic heterocycles. The van der Waals surface area contributed by atoms with Crippen LogP contribution in [0.5, 0.6) is 11.5 Å². The molecule has 2 aromatic carbocycles. The third-order valence-corrected chi connectivity index (χ3v) is 4.92. The first-order chi connectivity index (χ1) is 13.4. The van der Waals surface area contributed by atoms with Gasteiger partial charge in [-0.3, -0.25) is 4.79 Å². The van der Waals surface area contributed by atoms with Gasteiger partial charge in [0, 0.05) is 24.7 Å². The molecular formula is C21H25N3O4. The van der Waals surface area contributed by atoms with E-state index in [0.717, 1.165) is 11.3 Å². The Balaban J connectivity index is 1.65. The van der Waals surface area contributed by atoms with Crippen molar-refractivity contribution in [3.63, 3.8) is 0 Å². The number of anilines is 2. The third-order valence-electron chi connectivity index (χ3n) is 4.92. The molecule has 3 amide bonds. The van der Waals surface area contributed by atoms with Crippen molar-refractivity contribution in [1.29, 1.82) is 0 Å². The number of hydrogen-bond acceptors (Lipinski definition) is 4. The highest BCUT2D eigenvalue weighted by Gasteiger charge is 2.31. The van der Waals surface area contributed by atoms with Gasteiger partial charge in [-0.15, -0.1) is 0 Å². The molecule has 2 N–H and O–H groups in total. The van der Waals surface area contributed by atoms with E-state index in [0.29, 0.717) is 23.7 Å². The molecule has 0 aliphatic carbocycles. The average molecular weight is 383 g/mol. The van der Waals surface area contributed by atoms with Gasteiger partial charge in [0.25, 0.3) is 0 Å². The third kappa shape index (κ3) is 4.19. The molecule has 148 valence electrons. The molecule has 3 rings (SSSR count). The molecule has 0 unspecified atom stereocenters. The molecule has 0 spiro atoms. The van der Waals surface area contributed by atoms with Crippen LogP contribution in [0.4, 0.5) is 16.2 Å². The Bertz CT molecular complexity index is 897. The summed E-state index contributed by atoms with van der Waals surface area (Å²) in [6.45, 7) is 4.49. The van der Waals surface area contributed by atoms with Crippen LogP contribution in [-0.2, 0) is 4.79 Å². The molecule has 0 bridgehead atoms. The number of nitrogens with zero attached hydrogens (tertiary/aromatic N) is 1. The van der Waals surface area contributed by atoms with Crippen LogP contribution < -0.4 is 25.0 Å². The lowest BCUT2D eigenvalue weighted by molar-refractivity contribution is -0.117. The van der Waals surface area contributed by atoms with Crippen molar-refractivity contribution in [1.82, 2.24) is 5.32 Å². The molecule has 1 heterocycles. The largest absolute Gasteiger partial charge is 0.497 e.